The van der Waals surface area contributed by atoms with Gasteiger partial charge in [-0.3, -0.25) is 9.89 Å². The van der Waals surface area contributed by atoms with Crippen molar-refractivity contribution in [3.8, 4) is 0 Å². The van der Waals surface area contributed by atoms with Crippen LogP contribution in [-0.2, 0) is 4.74 Å². The van der Waals surface area contributed by atoms with Gasteiger partial charge in [-0.2, -0.15) is 0 Å². The topological polar surface area (TPSA) is 62.9 Å². The van der Waals surface area contributed by atoms with Crippen molar-refractivity contribution >= 4 is 29.9 Å². The van der Waals surface area contributed by atoms with Gasteiger partial charge in [0.15, 0.2) is 5.96 Å². The molecule has 126 valence electrons. The van der Waals surface area contributed by atoms with E-state index < -0.39 is 0 Å². The molecular formula is C15H33IN4O. The van der Waals surface area contributed by atoms with Crippen molar-refractivity contribution in [1.29, 1.82) is 0 Å². The second-order valence-electron chi connectivity index (χ2n) is 6.67. The molecule has 3 N–H and O–H groups in total. The van der Waals surface area contributed by atoms with Gasteiger partial charge in [0.25, 0.3) is 0 Å². The molecule has 0 unspecified atom stereocenters. The van der Waals surface area contributed by atoms with E-state index in [1.54, 1.807) is 0 Å². The van der Waals surface area contributed by atoms with E-state index in [2.05, 4.69) is 36.0 Å². The fourth-order valence-electron chi connectivity index (χ4n) is 2.21. The molecule has 0 spiro atoms. The van der Waals surface area contributed by atoms with Crippen LogP contribution in [0.1, 0.15) is 40.0 Å². The highest BCUT2D eigenvalue weighted by atomic mass is 127. The number of nitrogens with one attached hydrogen (secondary N) is 1. The third kappa shape index (κ3) is 12.2. The summed E-state index contributed by atoms with van der Waals surface area (Å²) in [6.07, 6.45) is 3.39. The number of guanidine groups is 1. The molecule has 0 aromatic heterocycles. The molecule has 0 atom stereocenters. The first-order chi connectivity index (χ1) is 9.47. The fourth-order valence-corrected chi connectivity index (χ4v) is 2.21. The number of hydrogen-bond acceptors (Lipinski definition) is 3. The lowest BCUT2D eigenvalue weighted by Gasteiger charge is -2.26. The molecule has 6 heteroatoms. The summed E-state index contributed by atoms with van der Waals surface area (Å²) < 4.78 is 5.32. The number of halogens is 1. The zero-order chi connectivity index (χ0) is 14.8. The average Bonchev–Trinajstić information content (AvgIpc) is 2.40. The van der Waals surface area contributed by atoms with Gasteiger partial charge < -0.3 is 15.8 Å². The van der Waals surface area contributed by atoms with E-state index in [-0.39, 0.29) is 24.0 Å². The van der Waals surface area contributed by atoms with Gasteiger partial charge in [-0.1, -0.05) is 20.8 Å². The zero-order valence-corrected chi connectivity index (χ0v) is 16.2. The van der Waals surface area contributed by atoms with Crippen LogP contribution in [0.25, 0.3) is 0 Å². The normalized spacial score (nSPS) is 17.4. The first-order valence-corrected chi connectivity index (χ1v) is 7.81. The second kappa shape index (κ2) is 11.5. The molecule has 0 aromatic rings. The fraction of sp³-hybridized carbons (Fsp3) is 0.933. The summed E-state index contributed by atoms with van der Waals surface area (Å²) in [4.78, 5) is 6.79. The summed E-state index contributed by atoms with van der Waals surface area (Å²) in [6.45, 7) is 13.4. The average molecular weight is 412 g/mol. The summed E-state index contributed by atoms with van der Waals surface area (Å²) >= 11 is 0. The van der Waals surface area contributed by atoms with Gasteiger partial charge in [0, 0.05) is 32.7 Å². The lowest BCUT2D eigenvalue weighted by molar-refractivity contribution is 0.0377. The molecule has 5 nitrogen and oxygen atoms in total. The van der Waals surface area contributed by atoms with Crippen molar-refractivity contribution in [2.45, 2.75) is 40.0 Å². The molecule has 0 amide bonds. The van der Waals surface area contributed by atoms with Gasteiger partial charge in [0.05, 0.1) is 13.2 Å². The highest BCUT2D eigenvalue weighted by Crippen LogP contribution is 2.19. The predicted octanol–water partition coefficient (Wildman–Crippen LogP) is 2.06. The van der Waals surface area contributed by atoms with Gasteiger partial charge in [0.1, 0.15) is 0 Å². The molecule has 1 heterocycles. The Bertz CT molecular complexity index is 286. The Morgan fingerprint density at radius 3 is 2.52 bits per heavy atom. The van der Waals surface area contributed by atoms with Gasteiger partial charge in [-0.15, -0.1) is 24.0 Å². The lowest BCUT2D eigenvalue weighted by Crippen LogP contribution is -2.37. The lowest BCUT2D eigenvalue weighted by atomic mass is 9.91. The molecule has 1 aliphatic heterocycles. The van der Waals surface area contributed by atoms with Crippen LogP contribution in [0.5, 0.6) is 0 Å². The summed E-state index contributed by atoms with van der Waals surface area (Å²) in [7, 11) is 0. The van der Waals surface area contributed by atoms with Crippen LogP contribution < -0.4 is 11.1 Å². The largest absolute Gasteiger partial charge is 0.379 e. The van der Waals surface area contributed by atoms with Gasteiger partial charge in [-0.05, 0) is 24.7 Å². The summed E-state index contributed by atoms with van der Waals surface area (Å²) in [5.41, 5.74) is 6.24. The Morgan fingerprint density at radius 1 is 1.24 bits per heavy atom. The maximum absolute atomic E-state index is 5.85. The van der Waals surface area contributed by atoms with Crippen LogP contribution in [0.3, 0.4) is 0 Å². The first-order valence-electron chi connectivity index (χ1n) is 7.81. The molecule has 0 saturated carbocycles. The Labute approximate surface area is 147 Å². The second-order valence-corrected chi connectivity index (χ2v) is 6.67. The van der Waals surface area contributed by atoms with E-state index in [1.165, 1.54) is 6.42 Å². The van der Waals surface area contributed by atoms with Crippen molar-refractivity contribution < 1.29 is 4.74 Å². The van der Waals surface area contributed by atoms with Crippen molar-refractivity contribution in [1.82, 2.24) is 10.2 Å². The smallest absolute Gasteiger partial charge is 0.188 e. The molecule has 1 rings (SSSR count). The zero-order valence-electron chi connectivity index (χ0n) is 13.9. The minimum absolute atomic E-state index is 0. The van der Waals surface area contributed by atoms with E-state index in [0.717, 1.165) is 58.8 Å². The van der Waals surface area contributed by atoms with E-state index in [0.29, 0.717) is 11.4 Å². The highest BCUT2D eigenvalue weighted by Gasteiger charge is 2.09. The first kappa shape index (κ1) is 20.9. The quantitative estimate of drug-likeness (QED) is 0.291. The Morgan fingerprint density at radius 2 is 1.90 bits per heavy atom. The third-order valence-corrected chi connectivity index (χ3v) is 3.43. The van der Waals surface area contributed by atoms with Gasteiger partial charge in [0.2, 0.25) is 0 Å². The Kier molecular flexibility index (Phi) is 11.4. The van der Waals surface area contributed by atoms with Crippen LogP contribution in [-0.4, -0.2) is 56.8 Å². The molecule has 21 heavy (non-hydrogen) atoms. The summed E-state index contributed by atoms with van der Waals surface area (Å²) in [5.74, 6) is 0.584. The monoisotopic (exact) mass is 412 g/mol. The Balaban J connectivity index is 0.00000400. The molecular weight excluding hydrogens is 379 g/mol. The number of hydrogen-bond donors (Lipinski definition) is 2. The van der Waals surface area contributed by atoms with Crippen LogP contribution in [0.2, 0.25) is 0 Å². The highest BCUT2D eigenvalue weighted by molar-refractivity contribution is 14.0. The number of ether oxygens (including phenoxy) is 1. The van der Waals surface area contributed by atoms with Crippen molar-refractivity contribution in [2.24, 2.45) is 16.1 Å². The van der Waals surface area contributed by atoms with Crippen LogP contribution in [0.15, 0.2) is 4.99 Å². The van der Waals surface area contributed by atoms with E-state index in [1.807, 2.05) is 0 Å². The molecule has 0 aliphatic carbocycles. The van der Waals surface area contributed by atoms with Gasteiger partial charge >= 0.3 is 0 Å². The van der Waals surface area contributed by atoms with Crippen molar-refractivity contribution in [3.63, 3.8) is 0 Å². The third-order valence-electron chi connectivity index (χ3n) is 3.43. The number of rotatable bonds is 7. The molecule has 0 radical (unpaired) electrons. The molecule has 1 fully saturated rings. The minimum atomic E-state index is 0. The molecule has 1 aliphatic rings. The maximum Gasteiger partial charge on any atom is 0.188 e. The van der Waals surface area contributed by atoms with Crippen LogP contribution in [0, 0.1) is 5.41 Å². The molecule has 0 bridgehead atoms. The standard InChI is InChI=1S/C15H32N4O.HI/c1-15(2,3)6-4-7-17-14(16)18-8-5-9-19-10-12-20-13-11-19;/h4-13H2,1-3H3,(H3,16,17,18);1H. The number of nitrogens with zero attached hydrogens (tertiary/aromatic N) is 2. The SMILES string of the molecule is CC(C)(C)CCCNC(N)=NCCCN1CCOCC1.I. The van der Waals surface area contributed by atoms with Crippen LogP contribution in [0.4, 0.5) is 0 Å². The Hall–Kier alpha value is -0.0800. The van der Waals surface area contributed by atoms with E-state index in [4.69, 9.17) is 10.5 Å². The number of nitrogens with two attached hydrogens (primary N) is 1. The number of aliphatic imine (C=N–C) groups is 1. The van der Waals surface area contributed by atoms with Crippen LogP contribution >= 0.6 is 24.0 Å². The molecule has 0 aromatic carbocycles. The van der Waals surface area contributed by atoms with E-state index in [9.17, 15) is 0 Å². The van der Waals surface area contributed by atoms with E-state index >= 15 is 0 Å². The predicted molar refractivity (Wildman–Crippen MR) is 100 cm³/mol. The molecule has 1 saturated heterocycles. The summed E-state index contributed by atoms with van der Waals surface area (Å²) in [6, 6.07) is 0. The van der Waals surface area contributed by atoms with Crippen molar-refractivity contribution in [2.75, 3.05) is 45.9 Å². The van der Waals surface area contributed by atoms with Crippen molar-refractivity contribution in [3.05, 3.63) is 0 Å². The minimum Gasteiger partial charge on any atom is -0.379 e. The number of morpholine rings is 1. The van der Waals surface area contributed by atoms with Gasteiger partial charge in [-0.25, -0.2) is 0 Å². The maximum atomic E-state index is 5.85. The summed E-state index contributed by atoms with van der Waals surface area (Å²) in [5, 5.41) is 3.19.